The minimum atomic E-state index is -4.49. The van der Waals surface area contributed by atoms with Crippen LogP contribution in [0, 0.1) is 11.8 Å². The molecule has 11 heteroatoms. The van der Waals surface area contributed by atoms with Gasteiger partial charge in [0.15, 0.2) is 0 Å². The predicted molar refractivity (Wildman–Crippen MR) is 132 cm³/mol. The van der Waals surface area contributed by atoms with Crippen molar-refractivity contribution in [1.29, 1.82) is 0 Å². The Balaban J connectivity index is 1.92. The van der Waals surface area contributed by atoms with Crippen LogP contribution in [0.3, 0.4) is 0 Å². The Bertz CT molecular complexity index is 894. The number of benzene rings is 1. The number of rotatable bonds is 9. The van der Waals surface area contributed by atoms with E-state index < -0.39 is 23.8 Å². The molecule has 202 valence electrons. The van der Waals surface area contributed by atoms with E-state index in [0.717, 1.165) is 31.5 Å². The first-order valence-electron chi connectivity index (χ1n) is 12.4. The van der Waals surface area contributed by atoms with Crippen molar-refractivity contribution in [2.45, 2.75) is 45.7 Å². The Labute approximate surface area is 211 Å². The molecule has 5 amide bonds. The minimum Gasteiger partial charge on any atom is -0.338 e. The first-order valence-corrected chi connectivity index (χ1v) is 12.4. The van der Waals surface area contributed by atoms with Crippen molar-refractivity contribution in [3.8, 4) is 0 Å². The molecule has 0 saturated carbocycles. The molecule has 0 aromatic heterocycles. The van der Waals surface area contributed by atoms with E-state index in [4.69, 9.17) is 0 Å². The van der Waals surface area contributed by atoms with Crippen LogP contribution in [0.4, 0.5) is 28.4 Å². The number of carbonyl (C=O) groups is 3. The molecule has 2 atom stereocenters. The molecule has 2 rings (SSSR count). The highest BCUT2D eigenvalue weighted by Crippen LogP contribution is 2.32. The van der Waals surface area contributed by atoms with Crippen molar-refractivity contribution in [3.63, 3.8) is 0 Å². The number of alkyl halides is 3. The molecule has 8 nitrogen and oxygen atoms in total. The second-order valence-electron chi connectivity index (χ2n) is 9.40. The van der Waals surface area contributed by atoms with Gasteiger partial charge in [-0.05, 0) is 70.4 Å². The Morgan fingerprint density at radius 1 is 1.14 bits per heavy atom. The zero-order chi connectivity index (χ0) is 26.9. The van der Waals surface area contributed by atoms with E-state index >= 15 is 0 Å². The third kappa shape index (κ3) is 8.69. The van der Waals surface area contributed by atoms with Gasteiger partial charge in [-0.1, -0.05) is 19.4 Å². The van der Waals surface area contributed by atoms with Crippen molar-refractivity contribution < 1.29 is 27.6 Å². The molecule has 36 heavy (non-hydrogen) atoms. The monoisotopic (exact) mass is 513 g/mol. The number of carbonyl (C=O) groups excluding carboxylic acids is 3. The van der Waals surface area contributed by atoms with Crippen LogP contribution in [0.25, 0.3) is 0 Å². The summed E-state index contributed by atoms with van der Waals surface area (Å²) in [5, 5.41) is 5.35. The fourth-order valence-electron chi connectivity index (χ4n) is 4.43. The van der Waals surface area contributed by atoms with Gasteiger partial charge in [-0.25, -0.2) is 9.59 Å². The summed E-state index contributed by atoms with van der Waals surface area (Å²) in [7, 11) is 3.91. The molecule has 1 aromatic rings. The normalized spacial score (nSPS) is 18.2. The number of amides is 5. The van der Waals surface area contributed by atoms with E-state index in [-0.39, 0.29) is 36.4 Å². The van der Waals surface area contributed by atoms with Crippen LogP contribution in [0.1, 0.15) is 45.1 Å². The van der Waals surface area contributed by atoms with E-state index in [9.17, 15) is 27.6 Å². The van der Waals surface area contributed by atoms with Gasteiger partial charge in [0.2, 0.25) is 5.91 Å². The van der Waals surface area contributed by atoms with Crippen LogP contribution in [0.15, 0.2) is 24.3 Å². The molecular weight excluding hydrogens is 475 g/mol. The smallest absolute Gasteiger partial charge is 0.338 e. The first kappa shape index (κ1) is 29.4. The zero-order valence-electron chi connectivity index (χ0n) is 21.5. The summed E-state index contributed by atoms with van der Waals surface area (Å²) < 4.78 is 38.9. The topological polar surface area (TPSA) is 85.0 Å². The number of halogens is 3. The minimum absolute atomic E-state index is 0.00991. The number of hydrogen-bond acceptors (Lipinski definition) is 4. The molecule has 2 unspecified atom stereocenters. The third-order valence-electron chi connectivity index (χ3n) is 6.50. The maximum absolute atomic E-state index is 13.0. The lowest BCUT2D eigenvalue weighted by Crippen LogP contribution is -2.48. The average molecular weight is 514 g/mol. The predicted octanol–water partition coefficient (Wildman–Crippen LogP) is 4.49. The maximum atomic E-state index is 13.0. The van der Waals surface area contributed by atoms with Gasteiger partial charge in [-0.3, -0.25) is 9.69 Å². The van der Waals surface area contributed by atoms with Crippen molar-refractivity contribution in [2.75, 3.05) is 52.1 Å². The van der Waals surface area contributed by atoms with Gasteiger partial charge in [-0.2, -0.15) is 13.2 Å². The Kier molecular flexibility index (Phi) is 11.0. The van der Waals surface area contributed by atoms with E-state index in [1.165, 1.54) is 17.0 Å². The summed E-state index contributed by atoms with van der Waals surface area (Å²) in [6, 6.07) is 3.67. The van der Waals surface area contributed by atoms with Crippen molar-refractivity contribution in [3.05, 3.63) is 29.8 Å². The number of urea groups is 2. The fraction of sp³-hybridized carbons (Fsp3) is 0.640. The number of hydrogen-bond donors (Lipinski definition) is 2. The van der Waals surface area contributed by atoms with Crippen LogP contribution in [-0.2, 0) is 11.0 Å². The lowest BCUT2D eigenvalue weighted by Gasteiger charge is -2.38. The number of anilines is 1. The highest BCUT2D eigenvalue weighted by atomic mass is 19.4. The SMILES string of the molecule is CCC1CN(C(=O)Nc2cccc(C(F)(F)F)c2)CCC1CC(=O)N(CC)C(=O)NCCCN(C)C. The molecule has 2 N–H and O–H groups in total. The molecule has 1 saturated heterocycles. The second-order valence-corrected chi connectivity index (χ2v) is 9.40. The van der Waals surface area contributed by atoms with Gasteiger partial charge in [-0.15, -0.1) is 0 Å². The highest BCUT2D eigenvalue weighted by molar-refractivity contribution is 5.94. The van der Waals surface area contributed by atoms with Crippen LogP contribution in [0.2, 0.25) is 0 Å². The first-order chi connectivity index (χ1) is 17.0. The molecular formula is C25H38F3N5O3. The molecule has 1 fully saturated rings. The van der Waals surface area contributed by atoms with E-state index in [0.29, 0.717) is 26.1 Å². The molecule has 1 aliphatic heterocycles. The van der Waals surface area contributed by atoms with Gasteiger partial charge < -0.3 is 20.4 Å². The van der Waals surface area contributed by atoms with E-state index in [1.807, 2.05) is 25.9 Å². The Morgan fingerprint density at radius 2 is 1.86 bits per heavy atom. The second kappa shape index (κ2) is 13.5. The fourth-order valence-corrected chi connectivity index (χ4v) is 4.43. The molecule has 0 radical (unpaired) electrons. The summed E-state index contributed by atoms with van der Waals surface area (Å²) in [6.07, 6.45) is -2.20. The van der Waals surface area contributed by atoms with E-state index in [2.05, 4.69) is 10.6 Å². The number of likely N-dealkylation sites (tertiary alicyclic amines) is 1. The average Bonchev–Trinajstić information content (AvgIpc) is 2.82. The number of piperidine rings is 1. The summed E-state index contributed by atoms with van der Waals surface area (Å²) in [6.45, 7) is 6.09. The molecule has 0 bridgehead atoms. The lowest BCUT2D eigenvalue weighted by atomic mass is 9.81. The van der Waals surface area contributed by atoms with Crippen molar-refractivity contribution >= 4 is 23.7 Å². The Morgan fingerprint density at radius 3 is 2.47 bits per heavy atom. The molecule has 1 aliphatic rings. The van der Waals surface area contributed by atoms with Gasteiger partial charge in [0.25, 0.3) is 0 Å². The largest absolute Gasteiger partial charge is 0.416 e. The standard InChI is InChI=1S/C25H38F3N5O3/c1-5-18-17-32(24(36)30-21-10-7-9-20(16-21)25(26,27)28)14-11-19(18)15-22(34)33(6-2)23(35)29-12-8-13-31(3)4/h7,9-10,16,18-19H,5-6,8,11-15,17H2,1-4H3,(H,29,35)(H,30,36). The summed E-state index contributed by atoms with van der Waals surface area (Å²) >= 11 is 0. The van der Waals surface area contributed by atoms with Gasteiger partial charge in [0, 0.05) is 38.3 Å². The van der Waals surface area contributed by atoms with Crippen LogP contribution < -0.4 is 10.6 Å². The van der Waals surface area contributed by atoms with Gasteiger partial charge >= 0.3 is 18.2 Å². The zero-order valence-corrected chi connectivity index (χ0v) is 21.5. The molecule has 0 aliphatic carbocycles. The lowest BCUT2D eigenvalue weighted by molar-refractivity contribution is -0.137. The van der Waals surface area contributed by atoms with Crippen molar-refractivity contribution in [1.82, 2.24) is 20.0 Å². The van der Waals surface area contributed by atoms with Crippen LogP contribution >= 0.6 is 0 Å². The number of nitrogens with zero attached hydrogens (tertiary/aromatic N) is 3. The van der Waals surface area contributed by atoms with Crippen LogP contribution in [-0.4, -0.2) is 79.5 Å². The third-order valence-corrected chi connectivity index (χ3v) is 6.50. The Hall–Kier alpha value is -2.82. The quantitative estimate of drug-likeness (QED) is 0.477. The van der Waals surface area contributed by atoms with Crippen LogP contribution in [0.5, 0.6) is 0 Å². The van der Waals surface area contributed by atoms with Crippen molar-refractivity contribution in [2.24, 2.45) is 11.8 Å². The van der Waals surface area contributed by atoms with Gasteiger partial charge in [0.05, 0.1) is 5.56 Å². The van der Waals surface area contributed by atoms with Gasteiger partial charge in [0.1, 0.15) is 0 Å². The van der Waals surface area contributed by atoms with E-state index in [1.54, 1.807) is 11.8 Å². The summed E-state index contributed by atoms with van der Waals surface area (Å²) in [4.78, 5) is 43.0. The maximum Gasteiger partial charge on any atom is 0.416 e. The summed E-state index contributed by atoms with van der Waals surface area (Å²) in [5.41, 5.74) is -0.749. The number of nitrogens with one attached hydrogen (secondary N) is 2. The molecule has 0 spiro atoms. The highest BCUT2D eigenvalue weighted by Gasteiger charge is 2.34. The molecule has 1 aromatic carbocycles. The summed E-state index contributed by atoms with van der Waals surface area (Å²) in [5.74, 6) is -0.194. The molecule has 1 heterocycles. The number of imide groups is 1.